The number of unbranched alkanes of at least 4 members (excludes halogenated alkanes) is 2. The third-order valence-corrected chi connectivity index (χ3v) is 5.94. The first kappa shape index (κ1) is 33.2. The quantitative estimate of drug-likeness (QED) is 0.0919. The van der Waals surface area contributed by atoms with Crippen molar-refractivity contribution in [2.45, 2.75) is 95.8 Å². The number of hydrogen-bond acceptors (Lipinski definition) is 8. The number of hydrogen-bond donors (Lipinski definition) is 8. The number of nitrogens with one attached hydrogen (secondary N) is 3. The van der Waals surface area contributed by atoms with E-state index in [1.807, 2.05) is 6.92 Å². The Labute approximate surface area is 212 Å². The highest BCUT2D eigenvalue weighted by molar-refractivity contribution is 5.94. The maximum absolute atomic E-state index is 13.1. The molecule has 11 N–H and O–H groups in total. The van der Waals surface area contributed by atoms with Gasteiger partial charge in [-0.2, -0.15) is 0 Å². The van der Waals surface area contributed by atoms with Crippen LogP contribution in [0.25, 0.3) is 0 Å². The van der Waals surface area contributed by atoms with Crippen LogP contribution in [-0.4, -0.2) is 77.1 Å². The standard InChI is InChI=1S/C23H44N6O7/c1-3-14(2)19(22(34)28-17(23(35)36)9-5-7-13-25)29-21(33)16(8-4-6-12-24)27-20(32)15(26)10-11-18(30)31/h14-17,19H,3-13,24-26H2,1-2H3,(H,27,32)(H,28,34)(H,29,33)(H,30,31)(H,35,36). The van der Waals surface area contributed by atoms with E-state index in [2.05, 4.69) is 16.0 Å². The van der Waals surface area contributed by atoms with Crippen LogP contribution in [0.2, 0.25) is 0 Å². The summed E-state index contributed by atoms with van der Waals surface area (Å²) >= 11 is 0. The number of aliphatic carboxylic acids is 2. The van der Waals surface area contributed by atoms with Crippen molar-refractivity contribution < 1.29 is 34.2 Å². The van der Waals surface area contributed by atoms with E-state index >= 15 is 0 Å². The molecule has 0 aliphatic heterocycles. The molecule has 3 amide bonds. The minimum absolute atomic E-state index is 0.100. The van der Waals surface area contributed by atoms with Gasteiger partial charge in [0, 0.05) is 6.42 Å². The van der Waals surface area contributed by atoms with Crippen LogP contribution in [0.15, 0.2) is 0 Å². The predicted octanol–water partition coefficient (Wildman–Crippen LogP) is -0.978. The maximum atomic E-state index is 13.1. The third kappa shape index (κ3) is 13.4. The van der Waals surface area contributed by atoms with Gasteiger partial charge in [-0.25, -0.2) is 4.79 Å². The van der Waals surface area contributed by atoms with Gasteiger partial charge in [-0.15, -0.1) is 0 Å². The topological polar surface area (TPSA) is 240 Å². The Kier molecular flexibility index (Phi) is 17.1. The number of nitrogens with two attached hydrogens (primary N) is 3. The van der Waals surface area contributed by atoms with Gasteiger partial charge in [0.25, 0.3) is 0 Å². The van der Waals surface area contributed by atoms with E-state index < -0.39 is 53.8 Å². The Balaban J connectivity index is 5.50. The normalized spacial score (nSPS) is 15.1. The van der Waals surface area contributed by atoms with Crippen molar-refractivity contribution in [3.8, 4) is 0 Å². The van der Waals surface area contributed by atoms with Crippen molar-refractivity contribution >= 4 is 29.7 Å². The molecule has 5 unspecified atom stereocenters. The molecule has 0 aromatic heterocycles. The summed E-state index contributed by atoms with van der Waals surface area (Å²) in [5, 5.41) is 26.0. The second-order valence-electron chi connectivity index (χ2n) is 8.94. The molecule has 0 saturated carbocycles. The molecule has 13 nitrogen and oxygen atoms in total. The lowest BCUT2D eigenvalue weighted by Gasteiger charge is -2.28. The highest BCUT2D eigenvalue weighted by Crippen LogP contribution is 2.11. The minimum atomic E-state index is -1.18. The minimum Gasteiger partial charge on any atom is -0.481 e. The first-order chi connectivity index (χ1) is 17.0. The van der Waals surface area contributed by atoms with Gasteiger partial charge in [0.15, 0.2) is 0 Å². The number of carbonyl (C=O) groups is 5. The average molecular weight is 517 g/mol. The Bertz CT molecular complexity index is 721. The van der Waals surface area contributed by atoms with E-state index in [-0.39, 0.29) is 31.6 Å². The SMILES string of the molecule is CCC(C)C(NC(=O)C(CCCCN)NC(=O)C(N)CCC(=O)O)C(=O)NC(CCCCN)C(=O)O. The molecule has 0 spiro atoms. The van der Waals surface area contributed by atoms with Crippen LogP contribution < -0.4 is 33.2 Å². The average Bonchev–Trinajstić information content (AvgIpc) is 2.83. The lowest BCUT2D eigenvalue weighted by atomic mass is 9.96. The largest absolute Gasteiger partial charge is 0.481 e. The fourth-order valence-electron chi connectivity index (χ4n) is 3.42. The molecule has 0 aliphatic rings. The first-order valence-electron chi connectivity index (χ1n) is 12.5. The van der Waals surface area contributed by atoms with Crippen molar-refractivity contribution in [3.05, 3.63) is 0 Å². The monoisotopic (exact) mass is 516 g/mol. The Morgan fingerprint density at radius 2 is 1.28 bits per heavy atom. The summed E-state index contributed by atoms with van der Waals surface area (Å²) in [6.07, 6.45) is 2.80. The molecule has 0 aromatic carbocycles. The van der Waals surface area contributed by atoms with Gasteiger partial charge in [-0.05, 0) is 64.0 Å². The van der Waals surface area contributed by atoms with Crippen LogP contribution in [0.4, 0.5) is 0 Å². The molecule has 36 heavy (non-hydrogen) atoms. The summed E-state index contributed by atoms with van der Waals surface area (Å²) in [5.74, 6) is -4.55. The van der Waals surface area contributed by atoms with E-state index in [0.29, 0.717) is 45.2 Å². The molecule has 0 aromatic rings. The van der Waals surface area contributed by atoms with Gasteiger partial charge >= 0.3 is 11.9 Å². The zero-order valence-corrected chi connectivity index (χ0v) is 21.3. The Hall–Kier alpha value is -2.77. The molecule has 0 fully saturated rings. The number of rotatable bonds is 20. The Morgan fingerprint density at radius 1 is 0.750 bits per heavy atom. The van der Waals surface area contributed by atoms with Crippen LogP contribution >= 0.6 is 0 Å². The van der Waals surface area contributed by atoms with Crippen molar-refractivity contribution in [1.29, 1.82) is 0 Å². The van der Waals surface area contributed by atoms with E-state index in [4.69, 9.17) is 22.3 Å². The molecule has 0 rings (SSSR count). The van der Waals surface area contributed by atoms with E-state index in [1.165, 1.54) is 0 Å². The van der Waals surface area contributed by atoms with Crippen molar-refractivity contribution in [2.24, 2.45) is 23.1 Å². The van der Waals surface area contributed by atoms with Crippen LogP contribution in [0.3, 0.4) is 0 Å². The van der Waals surface area contributed by atoms with Crippen LogP contribution in [0, 0.1) is 5.92 Å². The smallest absolute Gasteiger partial charge is 0.326 e. The molecular formula is C23H44N6O7. The highest BCUT2D eigenvalue weighted by atomic mass is 16.4. The van der Waals surface area contributed by atoms with Crippen LogP contribution in [0.5, 0.6) is 0 Å². The molecule has 0 bridgehead atoms. The molecule has 0 heterocycles. The second-order valence-corrected chi connectivity index (χ2v) is 8.94. The molecular weight excluding hydrogens is 472 g/mol. The number of carboxylic acids is 2. The second kappa shape index (κ2) is 18.5. The maximum Gasteiger partial charge on any atom is 0.326 e. The highest BCUT2D eigenvalue weighted by Gasteiger charge is 2.32. The Morgan fingerprint density at radius 3 is 1.75 bits per heavy atom. The zero-order valence-electron chi connectivity index (χ0n) is 21.3. The van der Waals surface area contributed by atoms with Gasteiger partial charge in [-0.1, -0.05) is 20.3 Å². The molecule has 208 valence electrons. The van der Waals surface area contributed by atoms with Gasteiger partial charge in [0.2, 0.25) is 17.7 Å². The lowest BCUT2D eigenvalue weighted by Crippen LogP contribution is -2.58. The molecule has 13 heteroatoms. The summed E-state index contributed by atoms with van der Waals surface area (Å²) in [5.41, 5.74) is 16.8. The number of amides is 3. The van der Waals surface area contributed by atoms with Gasteiger partial charge in [-0.3, -0.25) is 19.2 Å². The summed E-state index contributed by atoms with van der Waals surface area (Å²) in [4.78, 5) is 61.0. The first-order valence-corrected chi connectivity index (χ1v) is 12.5. The summed E-state index contributed by atoms with van der Waals surface area (Å²) in [6.45, 7) is 4.37. The molecule has 0 aliphatic carbocycles. The number of carboxylic acid groups (broad SMARTS) is 2. The fourth-order valence-corrected chi connectivity index (χ4v) is 3.42. The molecule has 5 atom stereocenters. The summed E-state index contributed by atoms with van der Waals surface area (Å²) < 4.78 is 0. The van der Waals surface area contributed by atoms with Gasteiger partial charge < -0.3 is 43.4 Å². The zero-order chi connectivity index (χ0) is 27.7. The van der Waals surface area contributed by atoms with Crippen LogP contribution in [-0.2, 0) is 24.0 Å². The van der Waals surface area contributed by atoms with Crippen molar-refractivity contribution in [1.82, 2.24) is 16.0 Å². The molecule has 0 radical (unpaired) electrons. The predicted molar refractivity (Wildman–Crippen MR) is 134 cm³/mol. The summed E-state index contributed by atoms with van der Waals surface area (Å²) in [7, 11) is 0. The van der Waals surface area contributed by atoms with E-state index in [9.17, 15) is 29.1 Å². The van der Waals surface area contributed by atoms with Crippen LogP contribution in [0.1, 0.15) is 71.6 Å². The lowest BCUT2D eigenvalue weighted by molar-refractivity contribution is -0.143. The molecule has 0 saturated heterocycles. The van der Waals surface area contributed by atoms with Crippen molar-refractivity contribution in [3.63, 3.8) is 0 Å². The van der Waals surface area contributed by atoms with Gasteiger partial charge in [0.05, 0.1) is 6.04 Å². The van der Waals surface area contributed by atoms with E-state index in [1.54, 1.807) is 6.92 Å². The number of carbonyl (C=O) groups excluding carboxylic acids is 3. The van der Waals surface area contributed by atoms with E-state index in [0.717, 1.165) is 0 Å². The third-order valence-electron chi connectivity index (χ3n) is 5.94. The van der Waals surface area contributed by atoms with Gasteiger partial charge in [0.1, 0.15) is 18.1 Å². The summed E-state index contributed by atoms with van der Waals surface area (Å²) in [6, 6.07) is -4.31. The van der Waals surface area contributed by atoms with Crippen molar-refractivity contribution in [2.75, 3.05) is 13.1 Å². The fraction of sp³-hybridized carbons (Fsp3) is 0.783.